The lowest BCUT2D eigenvalue weighted by molar-refractivity contribution is -0.127. The number of carbonyl (C=O) groups excluding carboxylic acids is 2. The van der Waals surface area contributed by atoms with Crippen molar-refractivity contribution < 1.29 is 23.8 Å². The average Bonchev–Trinajstić information content (AvgIpc) is 3.26. The van der Waals surface area contributed by atoms with Gasteiger partial charge in [0, 0.05) is 25.1 Å². The van der Waals surface area contributed by atoms with E-state index in [0.717, 1.165) is 29.8 Å². The number of rotatable bonds is 6. The number of benzene rings is 2. The fourth-order valence-electron chi connectivity index (χ4n) is 4.10. The summed E-state index contributed by atoms with van der Waals surface area (Å²) in [7, 11) is 1.36. The van der Waals surface area contributed by atoms with Gasteiger partial charge in [0.15, 0.2) is 0 Å². The van der Waals surface area contributed by atoms with Gasteiger partial charge in [0.2, 0.25) is 5.91 Å². The van der Waals surface area contributed by atoms with Gasteiger partial charge in [-0.25, -0.2) is 4.79 Å². The second-order valence-corrected chi connectivity index (χ2v) is 8.44. The first-order valence-corrected chi connectivity index (χ1v) is 11.1. The molecular formula is C24H27ClN2O5. The Kier molecular flexibility index (Phi) is 6.98. The van der Waals surface area contributed by atoms with Gasteiger partial charge >= 0.3 is 5.97 Å². The highest BCUT2D eigenvalue weighted by Crippen LogP contribution is 2.39. The number of esters is 1. The van der Waals surface area contributed by atoms with Crippen LogP contribution in [0, 0.1) is 0 Å². The maximum absolute atomic E-state index is 12.6. The van der Waals surface area contributed by atoms with Crippen LogP contribution in [0.4, 0.5) is 0 Å². The highest BCUT2D eigenvalue weighted by Gasteiger charge is 2.28. The van der Waals surface area contributed by atoms with Gasteiger partial charge in [-0.05, 0) is 42.3 Å². The Morgan fingerprint density at radius 2 is 2.00 bits per heavy atom. The predicted octanol–water partition coefficient (Wildman–Crippen LogP) is 2.93. The van der Waals surface area contributed by atoms with Crippen molar-refractivity contribution in [3.05, 3.63) is 52.5 Å². The van der Waals surface area contributed by atoms with Gasteiger partial charge < -0.3 is 19.5 Å². The lowest BCUT2D eigenvalue weighted by Crippen LogP contribution is -2.50. The van der Waals surface area contributed by atoms with Gasteiger partial charge in [-0.2, -0.15) is 0 Å². The van der Waals surface area contributed by atoms with Crippen LogP contribution in [0.2, 0.25) is 5.02 Å². The number of halogens is 1. The standard InChI is InChI=1S/C24H27ClN2O5/c1-15(27-6-8-31-9-7-27)23(28)26-14-20-12-19-11-18(13-21(25)22(19)32-20)16-4-3-5-17(10-16)24(29)30-2/h3-5,10-11,13,15,20H,6-9,12,14H2,1-2H3,(H,26,28). The number of methoxy groups -OCH3 is 1. The van der Waals surface area contributed by atoms with Crippen LogP contribution in [0.5, 0.6) is 5.75 Å². The number of nitrogens with zero attached hydrogens (tertiary/aromatic N) is 1. The third-order valence-corrected chi connectivity index (χ3v) is 6.23. The van der Waals surface area contributed by atoms with Crippen molar-refractivity contribution in [3.8, 4) is 16.9 Å². The molecule has 2 heterocycles. The van der Waals surface area contributed by atoms with Gasteiger partial charge in [0.1, 0.15) is 11.9 Å². The van der Waals surface area contributed by atoms with Crippen molar-refractivity contribution in [2.45, 2.75) is 25.5 Å². The Bertz CT molecular complexity index is 1010. The minimum absolute atomic E-state index is 0.0159. The van der Waals surface area contributed by atoms with E-state index < -0.39 is 0 Å². The first-order valence-electron chi connectivity index (χ1n) is 10.7. The van der Waals surface area contributed by atoms with E-state index in [0.29, 0.717) is 42.5 Å². The third-order valence-electron chi connectivity index (χ3n) is 5.95. The molecule has 0 aliphatic carbocycles. The van der Waals surface area contributed by atoms with E-state index in [2.05, 4.69) is 10.2 Å². The van der Waals surface area contributed by atoms with Gasteiger partial charge in [-0.1, -0.05) is 23.7 Å². The maximum Gasteiger partial charge on any atom is 0.337 e. The largest absolute Gasteiger partial charge is 0.486 e. The SMILES string of the molecule is COC(=O)c1cccc(-c2cc(Cl)c3c(c2)CC(CNC(=O)C(C)N2CCOCC2)O3)c1. The zero-order valence-electron chi connectivity index (χ0n) is 18.2. The zero-order chi connectivity index (χ0) is 22.7. The van der Waals surface area contributed by atoms with Crippen LogP contribution in [0.15, 0.2) is 36.4 Å². The lowest BCUT2D eigenvalue weighted by Gasteiger charge is -2.31. The van der Waals surface area contributed by atoms with Crippen LogP contribution in [0.1, 0.15) is 22.8 Å². The molecule has 0 spiro atoms. The zero-order valence-corrected chi connectivity index (χ0v) is 19.0. The topological polar surface area (TPSA) is 77.1 Å². The molecule has 8 heteroatoms. The van der Waals surface area contributed by atoms with Crippen molar-refractivity contribution >= 4 is 23.5 Å². The van der Waals surface area contributed by atoms with E-state index in [1.807, 2.05) is 31.2 Å². The molecule has 0 saturated carbocycles. The number of amides is 1. The van der Waals surface area contributed by atoms with Gasteiger partial charge in [-0.15, -0.1) is 0 Å². The summed E-state index contributed by atoms with van der Waals surface area (Å²) in [5.41, 5.74) is 3.23. The summed E-state index contributed by atoms with van der Waals surface area (Å²) in [6, 6.07) is 10.9. The Morgan fingerprint density at radius 3 is 2.75 bits per heavy atom. The third kappa shape index (κ3) is 4.90. The van der Waals surface area contributed by atoms with Crippen LogP contribution in [-0.2, 0) is 20.7 Å². The Balaban J connectivity index is 1.41. The summed E-state index contributed by atoms with van der Waals surface area (Å²) in [5.74, 6) is 0.252. The molecule has 0 radical (unpaired) electrons. The van der Waals surface area contributed by atoms with Crippen molar-refractivity contribution in [1.29, 1.82) is 0 Å². The van der Waals surface area contributed by atoms with Crippen LogP contribution in [0.3, 0.4) is 0 Å². The normalized spacial score (nSPS) is 19.0. The fourth-order valence-corrected chi connectivity index (χ4v) is 4.39. The fraction of sp³-hybridized carbons (Fsp3) is 0.417. The summed E-state index contributed by atoms with van der Waals surface area (Å²) >= 11 is 6.51. The summed E-state index contributed by atoms with van der Waals surface area (Å²) in [4.78, 5) is 26.6. The number of carbonyl (C=O) groups is 2. The smallest absolute Gasteiger partial charge is 0.337 e. The summed E-state index contributed by atoms with van der Waals surface area (Å²) in [5, 5.41) is 3.52. The van der Waals surface area contributed by atoms with E-state index in [-0.39, 0.29) is 24.0 Å². The number of nitrogens with one attached hydrogen (secondary N) is 1. The molecule has 2 unspecified atom stereocenters. The van der Waals surface area contributed by atoms with Gasteiger partial charge in [0.25, 0.3) is 0 Å². The van der Waals surface area contributed by atoms with E-state index in [9.17, 15) is 9.59 Å². The van der Waals surface area contributed by atoms with E-state index >= 15 is 0 Å². The van der Waals surface area contributed by atoms with Crippen LogP contribution >= 0.6 is 11.6 Å². The highest BCUT2D eigenvalue weighted by molar-refractivity contribution is 6.32. The molecular weight excluding hydrogens is 432 g/mol. The molecule has 1 fully saturated rings. The van der Waals surface area contributed by atoms with Crippen molar-refractivity contribution in [1.82, 2.24) is 10.2 Å². The molecule has 2 aromatic carbocycles. The molecule has 2 aliphatic rings. The molecule has 7 nitrogen and oxygen atoms in total. The molecule has 2 aromatic rings. The lowest BCUT2D eigenvalue weighted by atomic mass is 9.99. The Hall–Kier alpha value is -2.61. The second-order valence-electron chi connectivity index (χ2n) is 8.03. The van der Waals surface area contributed by atoms with Crippen LogP contribution < -0.4 is 10.1 Å². The molecule has 4 rings (SSSR count). The van der Waals surface area contributed by atoms with E-state index in [1.165, 1.54) is 7.11 Å². The van der Waals surface area contributed by atoms with Gasteiger partial charge in [0.05, 0.1) is 43.5 Å². The quantitative estimate of drug-likeness (QED) is 0.671. The number of morpholine rings is 1. The minimum Gasteiger partial charge on any atom is -0.486 e. The first-order chi connectivity index (χ1) is 15.5. The summed E-state index contributed by atoms with van der Waals surface area (Å²) in [6.45, 7) is 5.15. The second kappa shape index (κ2) is 9.90. The van der Waals surface area contributed by atoms with E-state index in [4.69, 9.17) is 25.8 Å². The maximum atomic E-state index is 12.6. The van der Waals surface area contributed by atoms with Gasteiger partial charge in [-0.3, -0.25) is 9.69 Å². The first kappa shape index (κ1) is 22.6. The molecule has 2 atom stereocenters. The minimum atomic E-state index is -0.385. The molecule has 170 valence electrons. The summed E-state index contributed by atoms with van der Waals surface area (Å²) in [6.07, 6.45) is 0.464. The van der Waals surface area contributed by atoms with Crippen molar-refractivity contribution in [2.75, 3.05) is 40.0 Å². The van der Waals surface area contributed by atoms with Crippen LogP contribution in [-0.4, -0.2) is 68.9 Å². The molecule has 0 bridgehead atoms. The number of fused-ring (bicyclic) bond motifs is 1. The van der Waals surface area contributed by atoms with Crippen molar-refractivity contribution in [3.63, 3.8) is 0 Å². The van der Waals surface area contributed by atoms with Crippen molar-refractivity contribution in [2.24, 2.45) is 0 Å². The van der Waals surface area contributed by atoms with E-state index in [1.54, 1.807) is 12.1 Å². The number of hydrogen-bond acceptors (Lipinski definition) is 6. The average molecular weight is 459 g/mol. The number of ether oxygens (including phenoxy) is 3. The Morgan fingerprint density at radius 1 is 1.22 bits per heavy atom. The Labute approximate surface area is 192 Å². The molecule has 0 aromatic heterocycles. The highest BCUT2D eigenvalue weighted by atomic mass is 35.5. The summed E-state index contributed by atoms with van der Waals surface area (Å²) < 4.78 is 16.2. The molecule has 32 heavy (non-hydrogen) atoms. The molecule has 1 amide bonds. The predicted molar refractivity (Wildman–Crippen MR) is 121 cm³/mol. The number of hydrogen-bond donors (Lipinski definition) is 1. The monoisotopic (exact) mass is 458 g/mol. The molecule has 1 N–H and O–H groups in total. The van der Waals surface area contributed by atoms with Crippen LogP contribution in [0.25, 0.3) is 11.1 Å². The molecule has 2 aliphatic heterocycles. The molecule has 1 saturated heterocycles.